The summed E-state index contributed by atoms with van der Waals surface area (Å²) in [4.78, 5) is 39.0. The second kappa shape index (κ2) is 29.5. The maximum Gasteiger partial charge on any atom is 0.239 e. The van der Waals surface area contributed by atoms with E-state index in [1.165, 1.54) is 0 Å². The fraction of sp³-hybridized carbons (Fsp3) is 0.254. The molecule has 0 spiro atoms. The van der Waals surface area contributed by atoms with Gasteiger partial charge in [-0.1, -0.05) is 127 Å². The summed E-state index contributed by atoms with van der Waals surface area (Å²) in [5.41, 5.74) is 16.0. The molecule has 0 bridgehead atoms. The number of benzene rings is 7. The second-order valence-electron chi connectivity index (χ2n) is 18.1. The van der Waals surface area contributed by atoms with E-state index < -0.39 is 11.3 Å². The lowest BCUT2D eigenvalue weighted by atomic mass is 10.1. The monoisotopic (exact) mass is 1060 g/mol. The van der Waals surface area contributed by atoms with Crippen molar-refractivity contribution in [1.29, 1.82) is 0 Å². The molecule has 0 saturated heterocycles. The van der Waals surface area contributed by atoms with Crippen LogP contribution in [0, 0.1) is 0 Å². The number of fused-ring (bicyclic) bond motifs is 1. The topological polar surface area (TPSA) is 202 Å². The molecular formula is C63H65N3O12. The van der Waals surface area contributed by atoms with Gasteiger partial charge in [0.1, 0.15) is 55.5 Å². The van der Waals surface area contributed by atoms with E-state index in [1.54, 1.807) is 30.3 Å². The predicted octanol–water partition coefficient (Wildman–Crippen LogP) is 10.3. The number of ether oxygens (including phenoxy) is 8. The van der Waals surface area contributed by atoms with Gasteiger partial charge in [0.05, 0.1) is 26.4 Å². The minimum atomic E-state index is -0.469. The van der Waals surface area contributed by atoms with E-state index in [0.29, 0.717) is 73.3 Å². The van der Waals surface area contributed by atoms with Gasteiger partial charge in [0.2, 0.25) is 23.0 Å². The lowest BCUT2D eigenvalue weighted by molar-refractivity contribution is -0.121. The van der Waals surface area contributed by atoms with E-state index in [-0.39, 0.29) is 99.8 Å². The third kappa shape index (κ3) is 16.9. The van der Waals surface area contributed by atoms with Crippen LogP contribution in [0.4, 0.5) is 0 Å². The number of carbonyl (C=O) groups is 2. The van der Waals surface area contributed by atoms with Crippen molar-refractivity contribution in [1.82, 2.24) is 5.32 Å². The van der Waals surface area contributed by atoms with Crippen molar-refractivity contribution in [2.24, 2.45) is 11.5 Å². The number of primary amides is 1. The lowest BCUT2D eigenvalue weighted by Crippen LogP contribution is -2.28. The van der Waals surface area contributed by atoms with Crippen molar-refractivity contribution in [3.8, 4) is 51.6 Å². The molecule has 1 heterocycles. The summed E-state index contributed by atoms with van der Waals surface area (Å²) in [7, 11) is 0. The van der Waals surface area contributed by atoms with Crippen LogP contribution in [0.1, 0.15) is 53.5 Å². The number of carbonyl (C=O) groups excluding carboxylic acids is 2. The lowest BCUT2D eigenvalue weighted by Gasteiger charge is -2.17. The Kier molecular flexibility index (Phi) is 21.0. The van der Waals surface area contributed by atoms with E-state index in [1.807, 2.05) is 140 Å². The van der Waals surface area contributed by atoms with Crippen LogP contribution in [0.2, 0.25) is 0 Å². The average molecular weight is 1060 g/mol. The first kappa shape index (κ1) is 55.4. The zero-order valence-electron chi connectivity index (χ0n) is 43.5. The van der Waals surface area contributed by atoms with Crippen LogP contribution < -0.4 is 55.4 Å². The largest absolute Gasteiger partial charge is 0.490 e. The highest BCUT2D eigenvalue weighted by Crippen LogP contribution is 2.41. The van der Waals surface area contributed by atoms with Gasteiger partial charge in [0.25, 0.3) is 0 Å². The van der Waals surface area contributed by atoms with Gasteiger partial charge < -0.3 is 59.1 Å². The van der Waals surface area contributed by atoms with Crippen LogP contribution in [0.3, 0.4) is 0 Å². The SMILES string of the molecule is NCCc1ccc(OCCCC(=O)NCCOCCOc2c(-c3ccc(OCc4ccccc4)c(OCc4ccccc4)c3)oc3cc(OCc4ccccc4)cc(OCc4ccccc4)c3c2=O)c(OCCCC(N)=O)c1. The summed E-state index contributed by atoms with van der Waals surface area (Å²) in [6, 6.07) is 53.4. The quantitative estimate of drug-likeness (QED) is 0.0337. The normalized spacial score (nSPS) is 10.9. The van der Waals surface area contributed by atoms with Gasteiger partial charge in [-0.05, 0) is 84.0 Å². The van der Waals surface area contributed by atoms with E-state index in [0.717, 1.165) is 27.8 Å². The first-order valence-electron chi connectivity index (χ1n) is 26.1. The van der Waals surface area contributed by atoms with E-state index in [4.69, 9.17) is 53.8 Å². The Hall–Kier alpha value is -8.79. The third-order valence-corrected chi connectivity index (χ3v) is 12.2. The van der Waals surface area contributed by atoms with Crippen molar-refractivity contribution in [2.75, 3.05) is 46.1 Å². The Labute approximate surface area is 453 Å². The molecule has 2 amide bonds. The predicted molar refractivity (Wildman–Crippen MR) is 298 cm³/mol. The number of nitrogens with two attached hydrogens (primary N) is 2. The van der Waals surface area contributed by atoms with Crippen LogP contribution in [-0.4, -0.2) is 57.9 Å². The molecule has 1 aromatic heterocycles. The molecule has 8 rings (SSSR count). The van der Waals surface area contributed by atoms with E-state index in [9.17, 15) is 9.59 Å². The van der Waals surface area contributed by atoms with Crippen LogP contribution in [0.15, 0.2) is 179 Å². The molecule has 0 radical (unpaired) electrons. The summed E-state index contributed by atoms with van der Waals surface area (Å²) in [5, 5.41) is 3.05. The minimum Gasteiger partial charge on any atom is -0.490 e. The Morgan fingerprint density at radius 2 is 1.03 bits per heavy atom. The molecule has 0 saturated carbocycles. The number of hydrogen-bond acceptors (Lipinski definition) is 13. The Bertz CT molecular complexity index is 3210. The van der Waals surface area contributed by atoms with Crippen LogP contribution in [0.25, 0.3) is 22.3 Å². The van der Waals surface area contributed by atoms with Gasteiger partial charge in [-0.15, -0.1) is 0 Å². The zero-order valence-corrected chi connectivity index (χ0v) is 43.5. The van der Waals surface area contributed by atoms with Crippen molar-refractivity contribution < 1.29 is 51.9 Å². The first-order chi connectivity index (χ1) is 38.3. The molecule has 78 heavy (non-hydrogen) atoms. The number of rotatable bonds is 32. The summed E-state index contributed by atoms with van der Waals surface area (Å²) in [6.07, 6.45) is 2.04. The fourth-order valence-electron chi connectivity index (χ4n) is 8.20. The molecule has 404 valence electrons. The highest BCUT2D eigenvalue weighted by molar-refractivity contribution is 5.89. The highest BCUT2D eigenvalue weighted by atomic mass is 16.5. The summed E-state index contributed by atoms with van der Waals surface area (Å²) in [5.74, 6) is 2.20. The first-order valence-corrected chi connectivity index (χ1v) is 26.1. The molecule has 8 aromatic rings. The average Bonchev–Trinajstić information content (AvgIpc) is 3.59. The number of hydrogen-bond donors (Lipinski definition) is 3. The summed E-state index contributed by atoms with van der Waals surface area (Å²) >= 11 is 0. The molecule has 7 aromatic carbocycles. The standard InChI is InChI=1S/C63H65N3O12/c64-30-29-45-25-27-52(54(37-45)72-32-13-23-58(65)67)71-33-14-24-59(68)66-31-34-70-35-36-73-63-61(69)60-56(77-44-49-21-11-4-12-22-49)39-51(74-41-46-15-5-1-6-16-46)40-57(60)78-62(63)50-26-28-53(75-42-47-17-7-2-8-18-47)55(38-50)76-43-48-19-9-3-10-20-48/h1-12,15-22,25-28,37-40H,13-14,23-24,29-36,41-44,64H2,(H2,65,67)(H,66,68). The van der Waals surface area contributed by atoms with Crippen molar-refractivity contribution >= 4 is 22.8 Å². The van der Waals surface area contributed by atoms with Crippen LogP contribution in [-0.2, 0) is 47.2 Å². The van der Waals surface area contributed by atoms with Gasteiger partial charge in [-0.25, -0.2) is 0 Å². The molecule has 15 heteroatoms. The fourth-order valence-corrected chi connectivity index (χ4v) is 8.20. The van der Waals surface area contributed by atoms with Gasteiger partial charge in [0, 0.05) is 37.1 Å². The van der Waals surface area contributed by atoms with Gasteiger partial charge in [0.15, 0.2) is 28.8 Å². The molecule has 0 aliphatic carbocycles. The van der Waals surface area contributed by atoms with Gasteiger partial charge >= 0.3 is 0 Å². The minimum absolute atomic E-state index is 0.0350. The number of amides is 2. The number of nitrogens with one attached hydrogen (secondary N) is 1. The summed E-state index contributed by atoms with van der Waals surface area (Å²) in [6.45, 7) is 2.52. The van der Waals surface area contributed by atoms with Crippen LogP contribution >= 0.6 is 0 Å². The molecule has 5 N–H and O–H groups in total. The molecular weight excluding hydrogens is 991 g/mol. The molecule has 0 aliphatic rings. The zero-order chi connectivity index (χ0) is 54.2. The van der Waals surface area contributed by atoms with Crippen molar-refractivity contribution in [3.05, 3.63) is 208 Å². The smallest absolute Gasteiger partial charge is 0.239 e. The Balaban J connectivity index is 0.974. The molecule has 15 nitrogen and oxygen atoms in total. The maximum atomic E-state index is 15.0. The Morgan fingerprint density at radius 1 is 0.487 bits per heavy atom. The Morgan fingerprint density at radius 3 is 1.64 bits per heavy atom. The second-order valence-corrected chi connectivity index (χ2v) is 18.1. The van der Waals surface area contributed by atoms with Crippen molar-refractivity contribution in [2.45, 2.75) is 58.5 Å². The third-order valence-electron chi connectivity index (χ3n) is 12.2. The van der Waals surface area contributed by atoms with Gasteiger partial charge in [-0.2, -0.15) is 0 Å². The molecule has 0 fully saturated rings. The molecule has 0 unspecified atom stereocenters. The van der Waals surface area contributed by atoms with E-state index in [2.05, 4.69) is 5.32 Å². The molecule has 0 atom stereocenters. The highest BCUT2D eigenvalue weighted by Gasteiger charge is 2.24. The van der Waals surface area contributed by atoms with Gasteiger partial charge in [-0.3, -0.25) is 14.4 Å². The molecule has 0 aliphatic heterocycles. The van der Waals surface area contributed by atoms with Crippen LogP contribution in [0.5, 0.6) is 40.2 Å². The maximum absolute atomic E-state index is 15.0. The summed E-state index contributed by atoms with van der Waals surface area (Å²) < 4.78 is 56.4. The van der Waals surface area contributed by atoms with Crippen molar-refractivity contribution in [3.63, 3.8) is 0 Å². The van der Waals surface area contributed by atoms with E-state index >= 15 is 4.79 Å².